The highest BCUT2D eigenvalue weighted by Gasteiger charge is 2.45. The Morgan fingerprint density at radius 2 is 1.52 bits per heavy atom. The van der Waals surface area contributed by atoms with Gasteiger partial charge in [0.05, 0.1) is 29.7 Å². The van der Waals surface area contributed by atoms with Gasteiger partial charge < -0.3 is 19.7 Å². The molecule has 3 amide bonds. The van der Waals surface area contributed by atoms with Gasteiger partial charge in [-0.3, -0.25) is 19.6 Å². The first-order valence-corrected chi connectivity index (χ1v) is 18.8. The fraction of sp³-hybridized carbons (Fsp3) is 0.417. The van der Waals surface area contributed by atoms with Crippen molar-refractivity contribution in [1.29, 1.82) is 0 Å². The van der Waals surface area contributed by atoms with Crippen LogP contribution in [0.3, 0.4) is 0 Å². The lowest BCUT2D eigenvalue weighted by atomic mass is 9.93. The summed E-state index contributed by atoms with van der Waals surface area (Å²) in [5.41, 5.74) is 1.58. The Morgan fingerprint density at radius 3 is 2.08 bits per heavy atom. The number of rotatable bonds is 10. The van der Waals surface area contributed by atoms with Crippen LogP contribution >= 0.6 is 23.2 Å². The number of amides is 3. The molecule has 1 fully saturated rings. The molecule has 1 saturated heterocycles. The van der Waals surface area contributed by atoms with E-state index in [1.54, 1.807) is 40.1 Å². The van der Waals surface area contributed by atoms with Gasteiger partial charge in [0.1, 0.15) is 17.6 Å². The molecule has 1 N–H and O–H groups in total. The average Bonchev–Trinajstić information content (AvgIpc) is 3.45. The summed E-state index contributed by atoms with van der Waals surface area (Å²) in [6, 6.07) is 17.5. The Balaban J connectivity index is 1.60. The minimum absolute atomic E-state index is 0.00744. The van der Waals surface area contributed by atoms with Crippen LogP contribution in [-0.4, -0.2) is 98.8 Å². The van der Waals surface area contributed by atoms with Gasteiger partial charge in [0, 0.05) is 48.9 Å². The van der Waals surface area contributed by atoms with E-state index >= 15 is 0 Å². The minimum Gasteiger partial charge on any atom is -0.493 e. The second kappa shape index (κ2) is 15.7. The first-order chi connectivity index (χ1) is 23.7. The molecule has 2 heterocycles. The molecule has 0 radical (unpaired) electrons. The molecule has 2 atom stereocenters. The van der Waals surface area contributed by atoms with Crippen LogP contribution in [0.15, 0.2) is 76.6 Å². The zero-order valence-electron chi connectivity index (χ0n) is 28.9. The predicted octanol–water partition coefficient (Wildman–Crippen LogP) is 5.97. The summed E-state index contributed by atoms with van der Waals surface area (Å²) < 4.78 is 37.4. The van der Waals surface area contributed by atoms with E-state index in [1.165, 1.54) is 19.2 Å². The van der Waals surface area contributed by atoms with E-state index in [0.717, 1.165) is 11.1 Å². The van der Waals surface area contributed by atoms with Crippen molar-refractivity contribution in [1.82, 2.24) is 20.0 Å². The minimum atomic E-state index is -3.84. The number of benzene rings is 3. The van der Waals surface area contributed by atoms with E-state index in [9.17, 15) is 18.0 Å². The second-order valence-electron chi connectivity index (χ2n) is 13.3. The summed E-state index contributed by atoms with van der Waals surface area (Å²) in [7, 11) is -2.52. The van der Waals surface area contributed by atoms with Crippen molar-refractivity contribution in [2.75, 3.05) is 52.4 Å². The van der Waals surface area contributed by atoms with E-state index in [-0.39, 0.29) is 34.8 Å². The van der Waals surface area contributed by atoms with Gasteiger partial charge in [-0.2, -0.15) is 0 Å². The number of nitrogens with one attached hydrogen (secondary N) is 1. The quantitative estimate of drug-likeness (QED) is 0.272. The molecular weight excluding hydrogens is 701 g/mol. The zero-order valence-corrected chi connectivity index (χ0v) is 31.2. The number of amidine groups is 1. The number of hydrogen-bond acceptors (Lipinski definition) is 8. The highest BCUT2D eigenvalue weighted by atomic mass is 35.5. The molecule has 50 heavy (non-hydrogen) atoms. The summed E-state index contributed by atoms with van der Waals surface area (Å²) in [6.45, 7) is 9.87. The third-order valence-corrected chi connectivity index (χ3v) is 10.4. The molecule has 11 nitrogen and oxygen atoms in total. The molecule has 268 valence electrons. The number of halogens is 2. The molecule has 0 aromatic heterocycles. The average molecular weight is 745 g/mol. The number of hydrogen-bond donors (Lipinski definition) is 1. The molecule has 14 heteroatoms. The summed E-state index contributed by atoms with van der Waals surface area (Å²) in [6.07, 6.45) is 0. The van der Waals surface area contributed by atoms with E-state index in [1.807, 2.05) is 56.9 Å². The van der Waals surface area contributed by atoms with Crippen LogP contribution in [-0.2, 0) is 19.4 Å². The van der Waals surface area contributed by atoms with Gasteiger partial charge in [-0.05, 0) is 81.3 Å². The monoisotopic (exact) mass is 743 g/mol. The fourth-order valence-corrected chi connectivity index (χ4v) is 7.42. The Morgan fingerprint density at radius 1 is 0.920 bits per heavy atom. The van der Waals surface area contributed by atoms with Crippen molar-refractivity contribution >= 4 is 50.8 Å². The number of carbonyl (C=O) groups is 2. The highest BCUT2D eigenvalue weighted by Crippen LogP contribution is 2.45. The van der Waals surface area contributed by atoms with Crippen LogP contribution in [0.4, 0.5) is 4.79 Å². The largest absolute Gasteiger partial charge is 0.493 e. The number of sulfone groups is 1. The summed E-state index contributed by atoms with van der Waals surface area (Å²) in [5.74, 6) is 0.0436. The van der Waals surface area contributed by atoms with Crippen LogP contribution in [0.2, 0.25) is 10.0 Å². The van der Waals surface area contributed by atoms with Gasteiger partial charge >= 0.3 is 6.03 Å². The topological polar surface area (TPSA) is 121 Å². The van der Waals surface area contributed by atoms with E-state index in [0.29, 0.717) is 54.1 Å². The molecule has 0 spiro atoms. The Hall–Kier alpha value is -3.68. The zero-order chi connectivity index (χ0) is 36.2. The second-order valence-corrected chi connectivity index (χ2v) is 16.1. The van der Waals surface area contributed by atoms with Crippen LogP contribution in [0.5, 0.6) is 5.75 Å². The molecule has 0 saturated carbocycles. The maximum absolute atomic E-state index is 14.9. The van der Waals surface area contributed by atoms with Gasteiger partial charge in [-0.25, -0.2) is 13.2 Å². The number of nitrogens with zero attached hydrogens (tertiary/aromatic N) is 4. The molecule has 5 rings (SSSR count). The van der Waals surface area contributed by atoms with E-state index in [2.05, 4.69) is 5.32 Å². The molecular formula is C36H43Cl2N5O6S. The van der Waals surface area contributed by atoms with Crippen LogP contribution < -0.4 is 10.1 Å². The number of piperazine rings is 1. The van der Waals surface area contributed by atoms with E-state index < -0.39 is 27.9 Å². The van der Waals surface area contributed by atoms with Crippen molar-refractivity contribution in [3.8, 4) is 5.75 Å². The van der Waals surface area contributed by atoms with Gasteiger partial charge in [-0.15, -0.1) is 0 Å². The van der Waals surface area contributed by atoms with Crippen LogP contribution in [0.1, 0.15) is 56.5 Å². The van der Waals surface area contributed by atoms with Gasteiger partial charge in [0.25, 0.3) is 0 Å². The Labute approximate surface area is 304 Å². The number of methoxy groups -OCH3 is 1. The SMILES string of the molecule is CCOc1ccc(S(=O)(=O)COC)cc1C1=N[C@@H](c2ccc(Cl)cc2)[C@@H](c2ccc(Cl)cc2)N1C(=O)N1CCN(CC(=O)NC(C)(C)C)CC1. The van der Waals surface area contributed by atoms with Gasteiger partial charge in [-0.1, -0.05) is 47.5 Å². The molecule has 3 aromatic carbocycles. The van der Waals surface area contributed by atoms with Crippen LogP contribution in [0.25, 0.3) is 0 Å². The number of ether oxygens (including phenoxy) is 2. The standard InChI is InChI=1S/C36H43Cl2N5O6S/c1-6-49-30-16-15-28(50(46,47)23-48-5)21-29(30)34-39-32(24-7-11-26(37)12-8-24)33(25-9-13-27(38)14-10-25)43(34)35(45)42-19-17-41(18-20-42)22-31(44)40-36(2,3)4/h7-16,21,32-33H,6,17-20,22-23H2,1-5H3,(H,40,44)/t32-,33+/m0/s1. The van der Waals surface area contributed by atoms with Crippen LogP contribution in [0, 0.1) is 0 Å². The van der Waals surface area contributed by atoms with Crippen molar-refractivity contribution in [3.63, 3.8) is 0 Å². The summed E-state index contributed by atoms with van der Waals surface area (Å²) in [4.78, 5) is 38.1. The van der Waals surface area contributed by atoms with Crippen molar-refractivity contribution < 1.29 is 27.5 Å². The van der Waals surface area contributed by atoms with Crippen molar-refractivity contribution in [3.05, 3.63) is 93.5 Å². The summed E-state index contributed by atoms with van der Waals surface area (Å²) in [5, 5.41) is 4.08. The number of aliphatic imine (C=N–C) groups is 1. The third kappa shape index (κ3) is 8.78. The predicted molar refractivity (Wildman–Crippen MR) is 195 cm³/mol. The van der Waals surface area contributed by atoms with Gasteiger partial charge in [0.15, 0.2) is 5.94 Å². The number of urea groups is 1. The first kappa shape index (κ1) is 37.6. The van der Waals surface area contributed by atoms with Crippen molar-refractivity contribution in [2.24, 2.45) is 4.99 Å². The lowest BCUT2D eigenvalue weighted by Crippen LogP contribution is -2.56. The molecule has 0 aliphatic carbocycles. The first-order valence-electron chi connectivity index (χ1n) is 16.4. The van der Waals surface area contributed by atoms with E-state index in [4.69, 9.17) is 37.7 Å². The Bertz CT molecular complexity index is 1820. The molecule has 0 unspecified atom stereocenters. The Kier molecular flexibility index (Phi) is 11.8. The lowest BCUT2D eigenvalue weighted by molar-refractivity contribution is -0.124. The van der Waals surface area contributed by atoms with Gasteiger partial charge in [0.2, 0.25) is 15.7 Å². The summed E-state index contributed by atoms with van der Waals surface area (Å²) >= 11 is 12.6. The number of carbonyl (C=O) groups excluding carboxylic acids is 2. The lowest BCUT2D eigenvalue weighted by Gasteiger charge is -2.39. The molecule has 3 aromatic rings. The molecule has 0 bridgehead atoms. The highest BCUT2D eigenvalue weighted by molar-refractivity contribution is 7.91. The molecule has 2 aliphatic rings. The maximum Gasteiger partial charge on any atom is 0.326 e. The normalized spacial score (nSPS) is 18.6. The molecule has 2 aliphatic heterocycles. The third-order valence-electron chi connectivity index (χ3n) is 8.34. The maximum atomic E-state index is 14.9. The smallest absolute Gasteiger partial charge is 0.326 e. The fourth-order valence-electron chi connectivity index (χ4n) is 6.15. The van der Waals surface area contributed by atoms with Crippen molar-refractivity contribution in [2.45, 2.75) is 50.2 Å².